The SMILES string of the molecule is O=C1NC(=O)N(Cc2ccccc2)C(=O)[C@@H]1Cc1ccc(O)cc1. The molecule has 6 heteroatoms. The third-order valence-electron chi connectivity index (χ3n) is 3.92. The largest absolute Gasteiger partial charge is 0.508 e. The highest BCUT2D eigenvalue weighted by Gasteiger charge is 2.40. The van der Waals surface area contributed by atoms with Crippen LogP contribution in [-0.4, -0.2) is 27.9 Å². The lowest BCUT2D eigenvalue weighted by atomic mass is 9.95. The number of nitrogens with one attached hydrogen (secondary N) is 1. The maximum Gasteiger partial charge on any atom is 0.331 e. The molecule has 6 nitrogen and oxygen atoms in total. The van der Waals surface area contributed by atoms with Crippen molar-refractivity contribution in [2.45, 2.75) is 13.0 Å². The van der Waals surface area contributed by atoms with Crippen LogP contribution in [0.25, 0.3) is 0 Å². The van der Waals surface area contributed by atoms with Crippen LogP contribution >= 0.6 is 0 Å². The number of barbiturate groups is 1. The van der Waals surface area contributed by atoms with Crippen LogP contribution in [0.15, 0.2) is 54.6 Å². The molecule has 1 atom stereocenters. The number of amides is 4. The van der Waals surface area contributed by atoms with E-state index in [1.807, 2.05) is 30.3 Å². The molecule has 0 spiro atoms. The highest BCUT2D eigenvalue weighted by Crippen LogP contribution is 2.20. The third-order valence-corrected chi connectivity index (χ3v) is 3.92. The van der Waals surface area contributed by atoms with Crippen LogP contribution in [0.5, 0.6) is 5.75 Å². The number of imide groups is 2. The number of phenols is 1. The van der Waals surface area contributed by atoms with Crippen molar-refractivity contribution in [1.29, 1.82) is 0 Å². The normalized spacial score (nSPS) is 17.8. The molecule has 1 fully saturated rings. The average molecular weight is 324 g/mol. The van der Waals surface area contributed by atoms with Crippen molar-refractivity contribution in [2.24, 2.45) is 5.92 Å². The second kappa shape index (κ2) is 6.54. The zero-order chi connectivity index (χ0) is 17.1. The number of carbonyl (C=O) groups excluding carboxylic acids is 3. The molecule has 0 radical (unpaired) electrons. The first kappa shape index (κ1) is 15.7. The monoisotopic (exact) mass is 324 g/mol. The topological polar surface area (TPSA) is 86.7 Å². The van der Waals surface area contributed by atoms with Gasteiger partial charge in [0.2, 0.25) is 11.8 Å². The van der Waals surface area contributed by atoms with Crippen LogP contribution in [0.1, 0.15) is 11.1 Å². The summed E-state index contributed by atoms with van der Waals surface area (Å²) in [4.78, 5) is 37.7. The molecule has 0 saturated carbocycles. The van der Waals surface area contributed by atoms with E-state index in [-0.39, 0.29) is 18.7 Å². The van der Waals surface area contributed by atoms with E-state index < -0.39 is 23.8 Å². The Hall–Kier alpha value is -3.15. The zero-order valence-corrected chi connectivity index (χ0v) is 12.8. The molecule has 1 heterocycles. The molecule has 4 amide bonds. The van der Waals surface area contributed by atoms with Crippen LogP contribution in [0, 0.1) is 5.92 Å². The molecule has 1 saturated heterocycles. The summed E-state index contributed by atoms with van der Waals surface area (Å²) in [5.41, 5.74) is 1.54. The standard InChI is InChI=1S/C18H16N2O4/c21-14-8-6-12(7-9-14)10-15-16(22)19-18(24)20(17(15)23)11-13-4-2-1-3-5-13/h1-9,15,21H,10-11H2,(H,19,22,24)/t15-/m1/s1. The van der Waals surface area contributed by atoms with Crippen molar-refractivity contribution >= 4 is 17.8 Å². The van der Waals surface area contributed by atoms with Crippen LogP contribution in [0.2, 0.25) is 0 Å². The smallest absolute Gasteiger partial charge is 0.331 e. The first-order valence-electron chi connectivity index (χ1n) is 7.52. The summed E-state index contributed by atoms with van der Waals surface area (Å²) < 4.78 is 0. The zero-order valence-electron chi connectivity index (χ0n) is 12.8. The average Bonchev–Trinajstić information content (AvgIpc) is 2.58. The van der Waals surface area contributed by atoms with Crippen molar-refractivity contribution < 1.29 is 19.5 Å². The predicted molar refractivity (Wildman–Crippen MR) is 85.8 cm³/mol. The number of carbonyl (C=O) groups is 3. The molecule has 3 rings (SSSR count). The van der Waals surface area contributed by atoms with Crippen LogP contribution < -0.4 is 5.32 Å². The van der Waals surface area contributed by atoms with Gasteiger partial charge in [0.1, 0.15) is 11.7 Å². The molecule has 0 aromatic heterocycles. The summed E-state index contributed by atoms with van der Waals surface area (Å²) in [6.45, 7) is 0.116. The number of nitrogens with zero attached hydrogens (tertiary/aromatic N) is 1. The van der Waals surface area contributed by atoms with Gasteiger partial charge in [-0.3, -0.25) is 19.8 Å². The number of phenolic OH excluding ortho intramolecular Hbond substituents is 1. The van der Waals surface area contributed by atoms with E-state index in [4.69, 9.17) is 0 Å². The molecule has 1 aliphatic rings. The van der Waals surface area contributed by atoms with Crippen molar-refractivity contribution in [3.8, 4) is 5.75 Å². The first-order chi connectivity index (χ1) is 11.5. The summed E-state index contributed by atoms with van der Waals surface area (Å²) in [5, 5.41) is 11.5. The molecule has 122 valence electrons. The van der Waals surface area contributed by atoms with Gasteiger partial charge in [0.05, 0.1) is 6.54 Å². The minimum Gasteiger partial charge on any atom is -0.508 e. The van der Waals surface area contributed by atoms with Gasteiger partial charge in [-0.15, -0.1) is 0 Å². The Balaban J connectivity index is 1.79. The molecular formula is C18H16N2O4. The Morgan fingerprint density at radius 2 is 1.58 bits per heavy atom. The highest BCUT2D eigenvalue weighted by atomic mass is 16.3. The van der Waals surface area contributed by atoms with Gasteiger partial charge >= 0.3 is 6.03 Å². The Morgan fingerprint density at radius 3 is 2.25 bits per heavy atom. The number of benzene rings is 2. The van der Waals surface area contributed by atoms with Crippen molar-refractivity contribution in [3.63, 3.8) is 0 Å². The molecule has 0 unspecified atom stereocenters. The van der Waals surface area contributed by atoms with Crippen molar-refractivity contribution in [1.82, 2.24) is 10.2 Å². The predicted octanol–water partition coefficient (Wildman–Crippen LogP) is 1.83. The van der Waals surface area contributed by atoms with Gasteiger partial charge in [0, 0.05) is 0 Å². The second-order valence-electron chi connectivity index (χ2n) is 5.63. The summed E-state index contributed by atoms with van der Waals surface area (Å²) in [5.74, 6) is -1.96. The van der Waals surface area contributed by atoms with E-state index in [0.29, 0.717) is 0 Å². The van der Waals surface area contributed by atoms with Crippen molar-refractivity contribution in [3.05, 3.63) is 65.7 Å². The Labute approximate surface area is 138 Å². The molecule has 2 aromatic rings. The number of aromatic hydroxyl groups is 1. The van der Waals surface area contributed by atoms with Gasteiger partial charge in [0.25, 0.3) is 0 Å². The first-order valence-corrected chi connectivity index (χ1v) is 7.52. The highest BCUT2D eigenvalue weighted by molar-refractivity contribution is 6.16. The van der Waals surface area contributed by atoms with Gasteiger partial charge in [-0.05, 0) is 29.7 Å². The third kappa shape index (κ3) is 3.27. The lowest BCUT2D eigenvalue weighted by Crippen LogP contribution is -2.57. The number of rotatable bonds is 4. The van der Waals surface area contributed by atoms with E-state index in [2.05, 4.69) is 5.32 Å². The van der Waals surface area contributed by atoms with Crippen LogP contribution in [0.3, 0.4) is 0 Å². The molecule has 0 bridgehead atoms. The van der Waals surface area contributed by atoms with E-state index in [9.17, 15) is 19.5 Å². The fourth-order valence-corrected chi connectivity index (χ4v) is 2.62. The summed E-state index contributed by atoms with van der Waals surface area (Å²) in [6.07, 6.45) is 0.170. The Bertz CT molecular complexity index is 771. The number of hydrogen-bond acceptors (Lipinski definition) is 4. The van der Waals surface area contributed by atoms with Crippen LogP contribution in [0.4, 0.5) is 4.79 Å². The molecular weight excluding hydrogens is 308 g/mol. The molecule has 24 heavy (non-hydrogen) atoms. The molecule has 1 aliphatic heterocycles. The van der Waals surface area contributed by atoms with Gasteiger partial charge in [0.15, 0.2) is 0 Å². The van der Waals surface area contributed by atoms with Gasteiger partial charge in [-0.1, -0.05) is 42.5 Å². The maximum atomic E-state index is 12.6. The minimum atomic E-state index is -0.962. The quantitative estimate of drug-likeness (QED) is 0.840. The van der Waals surface area contributed by atoms with E-state index in [1.165, 1.54) is 12.1 Å². The Morgan fingerprint density at radius 1 is 0.917 bits per heavy atom. The summed E-state index contributed by atoms with van der Waals surface area (Å²) in [6, 6.07) is 14.7. The fourth-order valence-electron chi connectivity index (χ4n) is 2.62. The number of hydrogen-bond donors (Lipinski definition) is 2. The Kier molecular flexibility index (Phi) is 4.29. The van der Waals surface area contributed by atoms with E-state index in [1.54, 1.807) is 12.1 Å². The van der Waals surface area contributed by atoms with E-state index in [0.717, 1.165) is 16.0 Å². The van der Waals surface area contributed by atoms with Gasteiger partial charge < -0.3 is 5.11 Å². The number of urea groups is 1. The lowest BCUT2D eigenvalue weighted by Gasteiger charge is -2.30. The molecule has 0 aliphatic carbocycles. The van der Waals surface area contributed by atoms with Gasteiger partial charge in [-0.2, -0.15) is 0 Å². The fraction of sp³-hybridized carbons (Fsp3) is 0.167. The van der Waals surface area contributed by atoms with Crippen LogP contribution in [-0.2, 0) is 22.6 Å². The maximum absolute atomic E-state index is 12.6. The second-order valence-corrected chi connectivity index (χ2v) is 5.63. The lowest BCUT2D eigenvalue weighted by molar-refractivity contribution is -0.142. The minimum absolute atomic E-state index is 0.110. The summed E-state index contributed by atoms with van der Waals surface area (Å²) in [7, 11) is 0. The van der Waals surface area contributed by atoms with Gasteiger partial charge in [-0.25, -0.2) is 4.79 Å². The molecule has 2 aromatic carbocycles. The molecule has 2 N–H and O–H groups in total. The van der Waals surface area contributed by atoms with E-state index >= 15 is 0 Å². The van der Waals surface area contributed by atoms with Crippen molar-refractivity contribution in [2.75, 3.05) is 0 Å². The summed E-state index contributed by atoms with van der Waals surface area (Å²) >= 11 is 0.